The van der Waals surface area contributed by atoms with Crippen LogP contribution in [0.25, 0.3) is 0 Å². The van der Waals surface area contributed by atoms with Crippen LogP contribution in [0.15, 0.2) is 4.99 Å². The molecule has 1 rings (SSSR count). The molecule has 6 nitrogen and oxygen atoms in total. The third-order valence-electron chi connectivity index (χ3n) is 4.14. The fourth-order valence-electron chi connectivity index (χ4n) is 2.22. The van der Waals surface area contributed by atoms with E-state index < -0.39 is 0 Å². The van der Waals surface area contributed by atoms with Gasteiger partial charge in [-0.2, -0.15) is 5.10 Å². The Balaban J connectivity index is 2.84. The highest BCUT2D eigenvalue weighted by molar-refractivity contribution is 5.80. The fraction of sp³-hybridized carbons (Fsp3) is 0.765. The molecule has 0 saturated heterocycles. The predicted molar refractivity (Wildman–Crippen MR) is 95.8 cm³/mol. The normalized spacial score (nSPS) is 13.5. The van der Waals surface area contributed by atoms with E-state index in [4.69, 9.17) is 9.73 Å². The highest BCUT2D eigenvalue weighted by Crippen LogP contribution is 2.14. The summed E-state index contributed by atoms with van der Waals surface area (Å²) < 4.78 is 7.14. The molecule has 0 aliphatic rings. The lowest BCUT2D eigenvalue weighted by atomic mass is 10.1. The average molecular weight is 323 g/mol. The van der Waals surface area contributed by atoms with Gasteiger partial charge in [0.1, 0.15) is 0 Å². The molecular formula is C17H33N5O. The Morgan fingerprint density at radius 1 is 1.30 bits per heavy atom. The Morgan fingerprint density at radius 3 is 2.57 bits per heavy atom. The van der Waals surface area contributed by atoms with Gasteiger partial charge in [0.2, 0.25) is 0 Å². The van der Waals surface area contributed by atoms with Crippen molar-refractivity contribution in [3.05, 3.63) is 17.0 Å². The van der Waals surface area contributed by atoms with Gasteiger partial charge in [0, 0.05) is 31.0 Å². The van der Waals surface area contributed by atoms with Crippen LogP contribution >= 0.6 is 0 Å². The van der Waals surface area contributed by atoms with Gasteiger partial charge in [-0.3, -0.25) is 4.68 Å². The second kappa shape index (κ2) is 9.55. The third kappa shape index (κ3) is 5.86. The zero-order chi connectivity index (χ0) is 17.4. The Hall–Kier alpha value is -1.56. The zero-order valence-electron chi connectivity index (χ0n) is 15.7. The van der Waals surface area contributed by atoms with Crippen LogP contribution in [0, 0.1) is 19.8 Å². The van der Waals surface area contributed by atoms with Gasteiger partial charge in [0.05, 0.1) is 25.4 Å². The number of methoxy groups -OCH3 is 1. The molecule has 0 saturated carbocycles. The summed E-state index contributed by atoms with van der Waals surface area (Å²) in [6.45, 7) is 15.7. The van der Waals surface area contributed by atoms with Gasteiger partial charge in [-0.1, -0.05) is 13.8 Å². The van der Waals surface area contributed by atoms with Gasteiger partial charge in [-0.05, 0) is 33.6 Å². The van der Waals surface area contributed by atoms with Gasteiger partial charge in [0.25, 0.3) is 0 Å². The molecular weight excluding hydrogens is 290 g/mol. The maximum atomic E-state index is 5.14. The first kappa shape index (κ1) is 19.5. The van der Waals surface area contributed by atoms with Gasteiger partial charge in [0.15, 0.2) is 5.96 Å². The molecule has 6 heteroatoms. The number of aliphatic imine (C=N–C) groups is 1. The highest BCUT2D eigenvalue weighted by Gasteiger charge is 2.12. The molecule has 23 heavy (non-hydrogen) atoms. The summed E-state index contributed by atoms with van der Waals surface area (Å²) in [4.78, 5) is 4.73. The largest absolute Gasteiger partial charge is 0.383 e. The first-order chi connectivity index (χ1) is 10.9. The summed E-state index contributed by atoms with van der Waals surface area (Å²) in [5.74, 6) is 1.41. The van der Waals surface area contributed by atoms with Crippen LogP contribution in [-0.4, -0.2) is 42.0 Å². The van der Waals surface area contributed by atoms with Gasteiger partial charge in [-0.25, -0.2) is 4.99 Å². The molecule has 1 atom stereocenters. The lowest BCUT2D eigenvalue weighted by Gasteiger charge is -2.20. The number of hydrogen-bond donors (Lipinski definition) is 2. The number of ether oxygens (including phenoxy) is 1. The van der Waals surface area contributed by atoms with E-state index >= 15 is 0 Å². The SMILES string of the molecule is CCNC(=NCc1c(C)nn(CCOC)c1C)NC(C)C(C)C. The molecule has 2 N–H and O–H groups in total. The molecule has 1 unspecified atom stereocenters. The molecule has 1 heterocycles. The molecule has 0 fully saturated rings. The lowest BCUT2D eigenvalue weighted by Crippen LogP contribution is -2.44. The minimum absolute atomic E-state index is 0.374. The standard InChI is InChI=1S/C17H33N5O/c1-8-18-17(20-13(4)12(2)3)19-11-16-14(5)21-22(15(16)6)9-10-23-7/h12-13H,8-11H2,1-7H3,(H2,18,19,20). The number of aromatic nitrogens is 2. The van der Waals surface area contributed by atoms with E-state index in [9.17, 15) is 0 Å². The Labute approximate surface area is 140 Å². The molecule has 0 aromatic carbocycles. The minimum Gasteiger partial charge on any atom is -0.383 e. The van der Waals surface area contributed by atoms with Crippen molar-refractivity contribution in [1.29, 1.82) is 0 Å². The number of hydrogen-bond acceptors (Lipinski definition) is 3. The zero-order valence-corrected chi connectivity index (χ0v) is 15.7. The molecule has 1 aromatic heterocycles. The van der Waals surface area contributed by atoms with Crippen molar-refractivity contribution in [1.82, 2.24) is 20.4 Å². The summed E-state index contributed by atoms with van der Waals surface area (Å²) in [7, 11) is 1.71. The summed E-state index contributed by atoms with van der Waals surface area (Å²) in [6, 6.07) is 0.374. The molecule has 0 aliphatic heterocycles. The highest BCUT2D eigenvalue weighted by atomic mass is 16.5. The number of nitrogens with zero attached hydrogens (tertiary/aromatic N) is 3. The first-order valence-electron chi connectivity index (χ1n) is 8.47. The van der Waals surface area contributed by atoms with E-state index in [0.29, 0.717) is 25.1 Å². The van der Waals surface area contributed by atoms with E-state index in [1.165, 1.54) is 5.56 Å². The number of guanidine groups is 1. The van der Waals surface area contributed by atoms with Crippen molar-refractivity contribution in [3.63, 3.8) is 0 Å². The van der Waals surface area contributed by atoms with Crippen LogP contribution in [0.1, 0.15) is 44.6 Å². The second-order valence-electron chi connectivity index (χ2n) is 6.24. The maximum absolute atomic E-state index is 5.14. The molecule has 0 amide bonds. The molecule has 0 aliphatic carbocycles. The van der Waals surface area contributed by atoms with Crippen molar-refractivity contribution in [2.45, 2.75) is 60.7 Å². The number of aryl methyl sites for hydroxylation is 1. The molecule has 0 radical (unpaired) electrons. The van der Waals surface area contributed by atoms with Gasteiger partial charge in [-0.15, -0.1) is 0 Å². The van der Waals surface area contributed by atoms with Crippen molar-refractivity contribution < 1.29 is 4.74 Å². The third-order valence-corrected chi connectivity index (χ3v) is 4.14. The van der Waals surface area contributed by atoms with Gasteiger partial charge >= 0.3 is 0 Å². The number of nitrogens with one attached hydrogen (secondary N) is 2. The van der Waals surface area contributed by atoms with Gasteiger partial charge < -0.3 is 15.4 Å². The van der Waals surface area contributed by atoms with Crippen LogP contribution in [-0.2, 0) is 17.8 Å². The predicted octanol–water partition coefficient (Wildman–Crippen LogP) is 2.25. The van der Waals surface area contributed by atoms with E-state index in [-0.39, 0.29) is 0 Å². The fourth-order valence-corrected chi connectivity index (χ4v) is 2.22. The van der Waals surface area contributed by atoms with Crippen molar-refractivity contribution in [3.8, 4) is 0 Å². The smallest absolute Gasteiger partial charge is 0.191 e. The van der Waals surface area contributed by atoms with E-state index in [2.05, 4.69) is 50.4 Å². The minimum atomic E-state index is 0.374. The Kier molecular flexibility index (Phi) is 8.09. The second-order valence-corrected chi connectivity index (χ2v) is 6.24. The van der Waals surface area contributed by atoms with Crippen LogP contribution in [0.2, 0.25) is 0 Å². The lowest BCUT2D eigenvalue weighted by molar-refractivity contribution is 0.182. The Bertz CT molecular complexity index is 507. The monoisotopic (exact) mass is 323 g/mol. The van der Waals surface area contributed by atoms with Crippen molar-refractivity contribution >= 4 is 5.96 Å². The van der Waals surface area contributed by atoms with Crippen LogP contribution < -0.4 is 10.6 Å². The molecule has 132 valence electrons. The van der Waals surface area contributed by atoms with Crippen LogP contribution in [0.5, 0.6) is 0 Å². The summed E-state index contributed by atoms with van der Waals surface area (Å²) >= 11 is 0. The summed E-state index contributed by atoms with van der Waals surface area (Å²) in [5, 5.41) is 11.4. The van der Waals surface area contributed by atoms with Crippen LogP contribution in [0.3, 0.4) is 0 Å². The quantitative estimate of drug-likeness (QED) is 0.569. The Morgan fingerprint density at radius 2 is 2.00 bits per heavy atom. The topological polar surface area (TPSA) is 63.5 Å². The van der Waals surface area contributed by atoms with E-state index in [0.717, 1.165) is 30.4 Å². The molecule has 0 spiro atoms. The van der Waals surface area contributed by atoms with Crippen molar-refractivity contribution in [2.75, 3.05) is 20.3 Å². The first-order valence-corrected chi connectivity index (χ1v) is 8.47. The van der Waals surface area contributed by atoms with E-state index in [1.807, 2.05) is 11.6 Å². The number of rotatable bonds is 8. The summed E-state index contributed by atoms with van der Waals surface area (Å²) in [6.07, 6.45) is 0. The average Bonchev–Trinajstić information content (AvgIpc) is 2.77. The van der Waals surface area contributed by atoms with Crippen LogP contribution in [0.4, 0.5) is 0 Å². The molecule has 0 bridgehead atoms. The van der Waals surface area contributed by atoms with E-state index in [1.54, 1.807) is 7.11 Å². The van der Waals surface area contributed by atoms with Crippen molar-refractivity contribution in [2.24, 2.45) is 10.9 Å². The molecule has 1 aromatic rings. The maximum Gasteiger partial charge on any atom is 0.191 e. The summed E-state index contributed by atoms with van der Waals surface area (Å²) in [5.41, 5.74) is 3.39.